The molecule has 6 rings (SSSR count). The van der Waals surface area contributed by atoms with Crippen LogP contribution in [-0.4, -0.2) is 15.0 Å². The monoisotopic (exact) mass is 465 g/mol. The summed E-state index contributed by atoms with van der Waals surface area (Å²) >= 11 is 0. The van der Waals surface area contributed by atoms with Gasteiger partial charge < -0.3 is 4.42 Å². The smallest absolute Gasteiger partial charge is 0.164 e. The zero-order valence-corrected chi connectivity index (χ0v) is 19.8. The van der Waals surface area contributed by atoms with Gasteiger partial charge in [0.15, 0.2) is 17.5 Å². The van der Waals surface area contributed by atoms with Crippen LogP contribution in [-0.2, 0) is 0 Å². The van der Waals surface area contributed by atoms with Crippen molar-refractivity contribution < 1.29 is 4.42 Å². The summed E-state index contributed by atoms with van der Waals surface area (Å²) in [6.45, 7) is 6.08. The molecule has 172 valence electrons. The fraction of sp³-hybridized carbons (Fsp3) is 0.0312. The second kappa shape index (κ2) is 9.08. The Balaban J connectivity index is 1.53. The average Bonchev–Trinajstić information content (AvgIpc) is 3.28. The van der Waals surface area contributed by atoms with Crippen molar-refractivity contribution in [2.45, 2.75) is 6.92 Å². The zero-order chi connectivity index (χ0) is 24.5. The Morgan fingerprint density at radius 3 is 1.75 bits per heavy atom. The van der Waals surface area contributed by atoms with Crippen molar-refractivity contribution >= 4 is 23.6 Å². The summed E-state index contributed by atoms with van der Waals surface area (Å²) in [6, 6.07) is 34.4. The van der Waals surface area contributed by atoms with E-state index in [0.717, 1.165) is 44.0 Å². The van der Waals surface area contributed by atoms with Gasteiger partial charge in [0.25, 0.3) is 0 Å². The van der Waals surface area contributed by atoms with Crippen LogP contribution >= 0.6 is 0 Å². The molecule has 0 aliphatic heterocycles. The Morgan fingerprint density at radius 2 is 1.14 bits per heavy atom. The van der Waals surface area contributed by atoms with E-state index in [0.29, 0.717) is 22.9 Å². The quantitative estimate of drug-likeness (QED) is 0.298. The Hall–Kier alpha value is -4.83. The third kappa shape index (κ3) is 3.89. The van der Waals surface area contributed by atoms with Gasteiger partial charge in [-0.25, -0.2) is 15.0 Å². The number of fused-ring (bicyclic) bond motifs is 1. The summed E-state index contributed by atoms with van der Waals surface area (Å²) in [5.41, 5.74) is 6.34. The molecule has 0 N–H and O–H groups in total. The lowest BCUT2D eigenvalue weighted by atomic mass is 10.0. The van der Waals surface area contributed by atoms with Gasteiger partial charge in [-0.15, -0.1) is 0 Å². The molecular weight excluding hydrogens is 442 g/mol. The first-order valence-corrected chi connectivity index (χ1v) is 11.9. The average molecular weight is 466 g/mol. The molecule has 0 unspecified atom stereocenters. The first-order chi connectivity index (χ1) is 17.7. The Labute approximate surface area is 209 Å². The molecular formula is C32H23N3O. The van der Waals surface area contributed by atoms with Crippen molar-refractivity contribution in [3.8, 4) is 45.3 Å². The molecule has 0 fully saturated rings. The first-order valence-electron chi connectivity index (χ1n) is 11.9. The molecule has 0 spiro atoms. The first kappa shape index (κ1) is 21.7. The number of hydrogen-bond donors (Lipinski definition) is 0. The van der Waals surface area contributed by atoms with Gasteiger partial charge in [-0.05, 0) is 18.6 Å². The van der Waals surface area contributed by atoms with Crippen molar-refractivity contribution in [1.29, 1.82) is 0 Å². The molecule has 6 aromatic rings. The summed E-state index contributed by atoms with van der Waals surface area (Å²) in [7, 11) is 0. The van der Waals surface area contributed by atoms with E-state index < -0.39 is 0 Å². The molecule has 0 aliphatic rings. The summed E-state index contributed by atoms with van der Waals surface area (Å²) < 4.78 is 6.09. The summed E-state index contributed by atoms with van der Waals surface area (Å²) in [5, 5.41) is 2.09. The van der Waals surface area contributed by atoms with Gasteiger partial charge in [-0.3, -0.25) is 0 Å². The van der Waals surface area contributed by atoms with Gasteiger partial charge in [-0.2, -0.15) is 0 Å². The lowest BCUT2D eigenvalue weighted by Gasteiger charge is -2.10. The topological polar surface area (TPSA) is 51.8 Å². The zero-order valence-electron chi connectivity index (χ0n) is 19.8. The standard InChI is InChI=1S/C32H23N3O/c1-3-26-21(2)36-29-27(18-11-19-28(26)29)24-16-10-17-25(20-24)32-34-30(22-12-6-4-7-13-22)33-31(35-32)23-14-8-5-9-15-23/h3-20H,2H2,1H3. The molecule has 0 aliphatic carbocycles. The molecule has 0 saturated heterocycles. The second-order valence-electron chi connectivity index (χ2n) is 8.53. The van der Waals surface area contributed by atoms with Crippen LogP contribution in [0, 0.1) is 0 Å². The van der Waals surface area contributed by atoms with E-state index in [4.69, 9.17) is 19.4 Å². The number of rotatable bonds is 4. The normalized spacial score (nSPS) is 11.8. The fourth-order valence-corrected chi connectivity index (χ4v) is 4.49. The van der Waals surface area contributed by atoms with Crippen molar-refractivity contribution in [3.05, 3.63) is 114 Å². The summed E-state index contributed by atoms with van der Waals surface area (Å²) in [4.78, 5) is 14.5. The van der Waals surface area contributed by atoms with Crippen molar-refractivity contribution in [1.82, 2.24) is 15.0 Å². The lowest BCUT2D eigenvalue weighted by molar-refractivity contribution is 0.578. The molecule has 4 aromatic carbocycles. The Bertz CT molecular complexity index is 1750. The van der Waals surface area contributed by atoms with E-state index in [1.165, 1.54) is 0 Å². The third-order valence-electron chi connectivity index (χ3n) is 6.25. The highest BCUT2D eigenvalue weighted by molar-refractivity contribution is 5.93. The van der Waals surface area contributed by atoms with E-state index in [9.17, 15) is 0 Å². The molecule has 36 heavy (non-hydrogen) atoms. The van der Waals surface area contributed by atoms with Crippen LogP contribution in [0.1, 0.15) is 6.92 Å². The molecule has 2 aromatic heterocycles. The maximum absolute atomic E-state index is 6.09. The van der Waals surface area contributed by atoms with Crippen LogP contribution in [0.2, 0.25) is 0 Å². The van der Waals surface area contributed by atoms with Crippen LogP contribution in [0.15, 0.2) is 108 Å². The highest BCUT2D eigenvalue weighted by Crippen LogP contribution is 2.31. The maximum atomic E-state index is 6.09. The van der Waals surface area contributed by atoms with Crippen LogP contribution in [0.5, 0.6) is 0 Å². The predicted molar refractivity (Wildman–Crippen MR) is 146 cm³/mol. The van der Waals surface area contributed by atoms with Gasteiger partial charge in [0, 0.05) is 32.9 Å². The number of para-hydroxylation sites is 1. The lowest BCUT2D eigenvalue weighted by Crippen LogP contribution is -2.16. The number of nitrogens with zero attached hydrogens (tertiary/aromatic N) is 3. The number of furan rings is 1. The van der Waals surface area contributed by atoms with Gasteiger partial charge in [-0.1, -0.05) is 110 Å². The van der Waals surface area contributed by atoms with Crippen LogP contribution < -0.4 is 10.6 Å². The molecule has 4 heteroatoms. The highest BCUT2D eigenvalue weighted by Gasteiger charge is 2.14. The predicted octanol–water partition coefficient (Wildman–Crippen LogP) is 6.50. The maximum Gasteiger partial charge on any atom is 0.164 e. The molecule has 0 amide bonds. The van der Waals surface area contributed by atoms with Gasteiger partial charge in [0.05, 0.1) is 0 Å². The van der Waals surface area contributed by atoms with Gasteiger partial charge >= 0.3 is 0 Å². The largest absolute Gasteiger partial charge is 0.456 e. The number of aromatic nitrogens is 3. The summed E-state index contributed by atoms with van der Waals surface area (Å²) in [5.74, 6) is 1.90. The van der Waals surface area contributed by atoms with Crippen LogP contribution in [0.25, 0.3) is 68.9 Å². The van der Waals surface area contributed by atoms with E-state index in [1.807, 2.05) is 85.8 Å². The minimum atomic E-state index is 0.622. The van der Waals surface area contributed by atoms with E-state index in [2.05, 4.69) is 36.9 Å². The number of benzene rings is 4. The van der Waals surface area contributed by atoms with Gasteiger partial charge in [0.1, 0.15) is 11.0 Å². The molecule has 4 nitrogen and oxygen atoms in total. The van der Waals surface area contributed by atoms with E-state index in [-0.39, 0.29) is 0 Å². The molecule has 0 atom stereocenters. The second-order valence-corrected chi connectivity index (χ2v) is 8.53. The Kier molecular flexibility index (Phi) is 5.47. The highest BCUT2D eigenvalue weighted by atomic mass is 16.3. The van der Waals surface area contributed by atoms with E-state index >= 15 is 0 Å². The molecule has 0 radical (unpaired) electrons. The van der Waals surface area contributed by atoms with Crippen LogP contribution in [0.3, 0.4) is 0 Å². The minimum Gasteiger partial charge on any atom is -0.456 e. The number of hydrogen-bond acceptors (Lipinski definition) is 4. The molecule has 0 saturated carbocycles. The van der Waals surface area contributed by atoms with Crippen molar-refractivity contribution in [2.24, 2.45) is 0 Å². The summed E-state index contributed by atoms with van der Waals surface area (Å²) in [6.07, 6.45) is 2.04. The SMILES string of the molecule is C=c1oc2c(-c3cccc(-c4nc(-c5ccccc5)nc(-c5ccccc5)n4)c3)cccc2c1=CC. The van der Waals surface area contributed by atoms with Gasteiger partial charge in [0.2, 0.25) is 0 Å². The minimum absolute atomic E-state index is 0.622. The Morgan fingerprint density at radius 1 is 0.611 bits per heavy atom. The molecule has 2 heterocycles. The molecule has 0 bridgehead atoms. The third-order valence-corrected chi connectivity index (χ3v) is 6.25. The fourth-order valence-electron chi connectivity index (χ4n) is 4.49. The van der Waals surface area contributed by atoms with E-state index in [1.54, 1.807) is 0 Å². The van der Waals surface area contributed by atoms with Crippen molar-refractivity contribution in [3.63, 3.8) is 0 Å². The van der Waals surface area contributed by atoms with Crippen LogP contribution in [0.4, 0.5) is 0 Å². The van der Waals surface area contributed by atoms with Crippen molar-refractivity contribution in [2.75, 3.05) is 0 Å².